The monoisotopic (exact) mass is 293 g/mol. The van der Waals surface area contributed by atoms with Crippen LogP contribution < -0.4 is 0 Å². The van der Waals surface area contributed by atoms with E-state index in [0.717, 1.165) is 32.2 Å². The van der Waals surface area contributed by atoms with Crippen LogP contribution in [0.4, 0.5) is 0 Å². The average molecular weight is 294 g/mol. The summed E-state index contributed by atoms with van der Waals surface area (Å²) in [4.78, 5) is 14.3. The van der Waals surface area contributed by atoms with Gasteiger partial charge in [0, 0.05) is 12.6 Å². The molecule has 1 atom stereocenters. The average Bonchev–Trinajstić information content (AvgIpc) is 2.76. The molecular formula is C14H16BrNO. The third-order valence-corrected chi connectivity index (χ3v) is 4.73. The normalized spacial score (nSPS) is 25.1. The molecule has 1 aromatic carbocycles. The van der Waals surface area contributed by atoms with Gasteiger partial charge >= 0.3 is 0 Å². The Balaban J connectivity index is 1.78. The molecule has 3 rings (SSSR count). The van der Waals surface area contributed by atoms with E-state index in [1.54, 1.807) is 0 Å². The van der Waals surface area contributed by atoms with Gasteiger partial charge in [-0.05, 0) is 36.8 Å². The molecule has 1 aliphatic carbocycles. The third kappa shape index (κ3) is 2.01. The van der Waals surface area contributed by atoms with Crippen molar-refractivity contribution < 1.29 is 4.79 Å². The molecule has 0 saturated carbocycles. The number of amides is 1. The fourth-order valence-corrected chi connectivity index (χ4v) is 3.56. The summed E-state index contributed by atoms with van der Waals surface area (Å²) in [5, 5.41) is 0. The van der Waals surface area contributed by atoms with Gasteiger partial charge in [0.15, 0.2) is 0 Å². The van der Waals surface area contributed by atoms with Gasteiger partial charge in [0.2, 0.25) is 5.91 Å². The Bertz CT molecular complexity index is 421. The molecule has 3 heteroatoms. The number of carbonyl (C=O) groups excluding carboxylic acids is 1. The second kappa shape index (κ2) is 4.45. The van der Waals surface area contributed by atoms with Crippen LogP contribution >= 0.6 is 15.9 Å². The van der Waals surface area contributed by atoms with E-state index >= 15 is 0 Å². The van der Waals surface area contributed by atoms with E-state index in [1.807, 2.05) is 0 Å². The number of fused-ring (bicyclic) bond motifs is 1. The van der Waals surface area contributed by atoms with Crippen molar-refractivity contribution in [2.75, 3.05) is 6.54 Å². The lowest BCUT2D eigenvalue weighted by atomic mass is 10.1. The SMILES string of the molecule is O=C1C(Br)CCCN1C1Cc2ccccc2C1. The number of rotatable bonds is 1. The van der Waals surface area contributed by atoms with E-state index in [0.29, 0.717) is 6.04 Å². The quantitative estimate of drug-likeness (QED) is 0.729. The predicted octanol–water partition coefficient (Wildman–Crippen LogP) is 2.54. The lowest BCUT2D eigenvalue weighted by molar-refractivity contribution is -0.134. The van der Waals surface area contributed by atoms with Crippen LogP contribution in [0.2, 0.25) is 0 Å². The lowest BCUT2D eigenvalue weighted by Crippen LogP contribution is -2.48. The van der Waals surface area contributed by atoms with Crippen molar-refractivity contribution in [3.8, 4) is 0 Å². The molecular weight excluding hydrogens is 278 g/mol. The molecule has 1 heterocycles. The minimum absolute atomic E-state index is 0.0416. The van der Waals surface area contributed by atoms with Gasteiger partial charge in [0.05, 0.1) is 4.83 Å². The van der Waals surface area contributed by atoms with Gasteiger partial charge in [-0.3, -0.25) is 4.79 Å². The van der Waals surface area contributed by atoms with Gasteiger partial charge in [-0.2, -0.15) is 0 Å². The molecule has 2 nitrogen and oxygen atoms in total. The topological polar surface area (TPSA) is 20.3 Å². The molecule has 0 N–H and O–H groups in total. The summed E-state index contributed by atoms with van der Waals surface area (Å²) in [6.45, 7) is 0.930. The number of nitrogens with zero attached hydrogens (tertiary/aromatic N) is 1. The Morgan fingerprint density at radius 1 is 1.18 bits per heavy atom. The Morgan fingerprint density at radius 3 is 2.47 bits per heavy atom. The number of halogens is 1. The highest BCUT2D eigenvalue weighted by atomic mass is 79.9. The second-order valence-corrected chi connectivity index (χ2v) is 6.08. The van der Waals surface area contributed by atoms with Crippen molar-refractivity contribution in [1.82, 2.24) is 4.90 Å². The molecule has 1 aliphatic heterocycles. The second-order valence-electron chi connectivity index (χ2n) is 4.97. The first-order valence-corrected chi connectivity index (χ1v) is 7.18. The van der Waals surface area contributed by atoms with E-state index in [-0.39, 0.29) is 10.7 Å². The number of hydrogen-bond donors (Lipinski definition) is 0. The van der Waals surface area contributed by atoms with Crippen LogP contribution in [-0.4, -0.2) is 28.2 Å². The van der Waals surface area contributed by atoms with Crippen LogP contribution in [0.1, 0.15) is 24.0 Å². The van der Waals surface area contributed by atoms with Gasteiger partial charge in [0.25, 0.3) is 0 Å². The number of benzene rings is 1. The summed E-state index contributed by atoms with van der Waals surface area (Å²) in [7, 11) is 0. The Hall–Kier alpha value is -0.830. The number of likely N-dealkylation sites (tertiary alicyclic amines) is 1. The van der Waals surface area contributed by atoms with Gasteiger partial charge in [0.1, 0.15) is 0 Å². The smallest absolute Gasteiger partial charge is 0.236 e. The summed E-state index contributed by atoms with van der Waals surface area (Å²) >= 11 is 3.49. The van der Waals surface area contributed by atoms with Gasteiger partial charge < -0.3 is 4.90 Å². The van der Waals surface area contributed by atoms with Crippen LogP contribution in [0.25, 0.3) is 0 Å². The highest BCUT2D eigenvalue weighted by Crippen LogP contribution is 2.29. The van der Waals surface area contributed by atoms with E-state index in [4.69, 9.17) is 0 Å². The Labute approximate surface area is 110 Å². The largest absolute Gasteiger partial charge is 0.338 e. The molecule has 1 aromatic rings. The Kier molecular flexibility index (Phi) is 2.95. The van der Waals surface area contributed by atoms with Crippen molar-refractivity contribution >= 4 is 21.8 Å². The summed E-state index contributed by atoms with van der Waals surface area (Å²) in [6, 6.07) is 8.95. The standard InChI is InChI=1S/C14H16BrNO/c15-13-6-3-7-16(14(13)17)12-8-10-4-1-2-5-11(10)9-12/h1-2,4-5,12-13H,3,6-9H2. The number of piperidine rings is 1. The first kappa shape index (κ1) is 11.3. The summed E-state index contributed by atoms with van der Waals surface area (Å²) in [6.07, 6.45) is 4.16. The van der Waals surface area contributed by atoms with E-state index < -0.39 is 0 Å². The van der Waals surface area contributed by atoms with Gasteiger partial charge in [-0.1, -0.05) is 40.2 Å². The molecule has 1 saturated heterocycles. The zero-order valence-corrected chi connectivity index (χ0v) is 11.3. The Morgan fingerprint density at radius 2 is 1.82 bits per heavy atom. The van der Waals surface area contributed by atoms with Crippen LogP contribution in [0.5, 0.6) is 0 Å². The maximum atomic E-state index is 12.1. The zero-order valence-electron chi connectivity index (χ0n) is 9.73. The molecule has 0 spiro atoms. The first-order chi connectivity index (χ1) is 8.25. The maximum absolute atomic E-state index is 12.1. The summed E-state index contributed by atoms with van der Waals surface area (Å²) in [5.74, 6) is 0.286. The number of alkyl halides is 1. The van der Waals surface area contributed by atoms with Crippen molar-refractivity contribution in [2.24, 2.45) is 0 Å². The molecule has 1 amide bonds. The van der Waals surface area contributed by atoms with Gasteiger partial charge in [-0.15, -0.1) is 0 Å². The van der Waals surface area contributed by atoms with Crippen molar-refractivity contribution in [3.05, 3.63) is 35.4 Å². The maximum Gasteiger partial charge on any atom is 0.236 e. The molecule has 2 aliphatic rings. The molecule has 0 radical (unpaired) electrons. The number of carbonyl (C=O) groups is 1. The molecule has 90 valence electrons. The van der Waals surface area contributed by atoms with Crippen molar-refractivity contribution in [3.63, 3.8) is 0 Å². The highest BCUT2D eigenvalue weighted by Gasteiger charge is 2.34. The third-order valence-electron chi connectivity index (χ3n) is 3.88. The van der Waals surface area contributed by atoms with Crippen molar-refractivity contribution in [2.45, 2.75) is 36.6 Å². The first-order valence-electron chi connectivity index (χ1n) is 6.27. The van der Waals surface area contributed by atoms with Crippen molar-refractivity contribution in [1.29, 1.82) is 0 Å². The van der Waals surface area contributed by atoms with Crippen LogP contribution in [0.3, 0.4) is 0 Å². The highest BCUT2D eigenvalue weighted by molar-refractivity contribution is 9.10. The summed E-state index contributed by atoms with van der Waals surface area (Å²) < 4.78 is 0. The minimum atomic E-state index is 0.0416. The molecule has 0 bridgehead atoms. The van der Waals surface area contributed by atoms with E-state index in [2.05, 4.69) is 45.1 Å². The van der Waals surface area contributed by atoms with Crippen LogP contribution in [-0.2, 0) is 17.6 Å². The van der Waals surface area contributed by atoms with E-state index in [1.165, 1.54) is 11.1 Å². The lowest BCUT2D eigenvalue weighted by Gasteiger charge is -2.34. The summed E-state index contributed by atoms with van der Waals surface area (Å²) in [5.41, 5.74) is 2.84. The predicted molar refractivity (Wildman–Crippen MR) is 71.3 cm³/mol. The minimum Gasteiger partial charge on any atom is -0.338 e. The fourth-order valence-electron chi connectivity index (χ4n) is 2.97. The van der Waals surface area contributed by atoms with Crippen LogP contribution in [0.15, 0.2) is 24.3 Å². The molecule has 1 unspecified atom stereocenters. The van der Waals surface area contributed by atoms with E-state index in [9.17, 15) is 4.79 Å². The number of hydrogen-bond acceptors (Lipinski definition) is 1. The molecule has 0 aromatic heterocycles. The molecule has 1 fully saturated rings. The fraction of sp³-hybridized carbons (Fsp3) is 0.500. The van der Waals surface area contributed by atoms with Crippen LogP contribution in [0, 0.1) is 0 Å². The molecule has 17 heavy (non-hydrogen) atoms. The zero-order chi connectivity index (χ0) is 11.8. The van der Waals surface area contributed by atoms with Gasteiger partial charge in [-0.25, -0.2) is 0 Å².